The van der Waals surface area contributed by atoms with Crippen LogP contribution in [0.5, 0.6) is 0 Å². The molecule has 14 heavy (non-hydrogen) atoms. The Bertz CT molecular complexity index is 326. The normalized spacial score (nSPS) is 27.1. The van der Waals surface area contributed by atoms with Crippen molar-refractivity contribution in [2.45, 2.75) is 32.6 Å². The summed E-state index contributed by atoms with van der Waals surface area (Å²) >= 11 is 0. The summed E-state index contributed by atoms with van der Waals surface area (Å²) in [7, 11) is 0. The van der Waals surface area contributed by atoms with Gasteiger partial charge in [0.2, 0.25) is 0 Å². The Morgan fingerprint density at radius 1 is 1.36 bits per heavy atom. The molecular weight excluding hydrogens is 170 g/mol. The van der Waals surface area contributed by atoms with Crippen molar-refractivity contribution in [2.75, 3.05) is 0 Å². The Morgan fingerprint density at radius 2 is 2.21 bits per heavy atom. The van der Waals surface area contributed by atoms with Crippen molar-refractivity contribution in [3.8, 4) is 0 Å². The van der Waals surface area contributed by atoms with Gasteiger partial charge in [0.1, 0.15) is 0 Å². The molecular formula is C13H17N. The van der Waals surface area contributed by atoms with Crippen LogP contribution in [0.25, 0.3) is 0 Å². The molecule has 0 amide bonds. The van der Waals surface area contributed by atoms with E-state index in [1.54, 1.807) is 0 Å². The highest BCUT2D eigenvalue weighted by atomic mass is 14.7. The van der Waals surface area contributed by atoms with Gasteiger partial charge in [0.15, 0.2) is 0 Å². The van der Waals surface area contributed by atoms with Gasteiger partial charge in [-0.25, -0.2) is 0 Å². The fourth-order valence-electron chi connectivity index (χ4n) is 2.31. The molecule has 2 atom stereocenters. The zero-order valence-corrected chi connectivity index (χ0v) is 8.90. The fourth-order valence-corrected chi connectivity index (χ4v) is 2.31. The minimum absolute atomic E-state index is 0.625. The Hall–Kier alpha value is -1.11. The van der Waals surface area contributed by atoms with Gasteiger partial charge in [-0.15, -0.1) is 0 Å². The summed E-state index contributed by atoms with van der Waals surface area (Å²) in [6, 6.07) is 6.22. The van der Waals surface area contributed by atoms with Crippen LogP contribution in [0.3, 0.4) is 0 Å². The maximum absolute atomic E-state index is 4.45. The minimum atomic E-state index is 0.625. The second-order valence-corrected chi connectivity index (χ2v) is 4.27. The van der Waals surface area contributed by atoms with E-state index in [0.717, 1.165) is 0 Å². The van der Waals surface area contributed by atoms with Gasteiger partial charge >= 0.3 is 0 Å². The lowest BCUT2D eigenvalue weighted by Crippen LogP contribution is -2.13. The quantitative estimate of drug-likeness (QED) is 0.613. The van der Waals surface area contributed by atoms with E-state index in [0.29, 0.717) is 11.8 Å². The summed E-state index contributed by atoms with van der Waals surface area (Å²) in [6.45, 7) is 4.52. The van der Waals surface area contributed by atoms with Crippen LogP contribution in [-0.2, 0) is 0 Å². The molecule has 1 nitrogen and oxygen atoms in total. The number of rotatable bonds is 1. The highest BCUT2D eigenvalue weighted by molar-refractivity contribution is 5.18. The number of nitrogens with zero attached hydrogens (tertiary/aromatic N) is 1. The van der Waals surface area contributed by atoms with Gasteiger partial charge in [-0.05, 0) is 37.8 Å². The third-order valence-electron chi connectivity index (χ3n) is 3.10. The first-order chi connectivity index (χ1) is 6.77. The number of aromatic nitrogens is 1. The van der Waals surface area contributed by atoms with Gasteiger partial charge < -0.3 is 0 Å². The van der Waals surface area contributed by atoms with Crippen LogP contribution in [0, 0.1) is 5.92 Å². The van der Waals surface area contributed by atoms with Crippen molar-refractivity contribution < 1.29 is 0 Å². The second-order valence-electron chi connectivity index (χ2n) is 4.27. The fraction of sp³-hybridized carbons (Fsp3) is 0.462. The van der Waals surface area contributed by atoms with E-state index in [4.69, 9.17) is 0 Å². The zero-order valence-electron chi connectivity index (χ0n) is 8.90. The average Bonchev–Trinajstić information content (AvgIpc) is 2.19. The zero-order chi connectivity index (χ0) is 9.97. The van der Waals surface area contributed by atoms with Crippen molar-refractivity contribution in [3.05, 3.63) is 41.7 Å². The van der Waals surface area contributed by atoms with E-state index < -0.39 is 0 Å². The summed E-state index contributed by atoms with van der Waals surface area (Å²) in [5.74, 6) is 1.26. The minimum Gasteiger partial charge on any atom is -0.261 e. The molecule has 2 rings (SSSR count). The molecule has 0 spiro atoms. The van der Waals surface area contributed by atoms with Crippen LogP contribution in [0.2, 0.25) is 0 Å². The van der Waals surface area contributed by atoms with Crippen LogP contribution in [0.1, 0.15) is 38.3 Å². The predicted molar refractivity (Wildman–Crippen MR) is 59.1 cm³/mol. The lowest BCUT2D eigenvalue weighted by Gasteiger charge is -2.26. The van der Waals surface area contributed by atoms with Gasteiger partial charge in [-0.2, -0.15) is 0 Å². The average molecular weight is 187 g/mol. The summed E-state index contributed by atoms with van der Waals surface area (Å²) in [4.78, 5) is 4.45. The molecule has 0 bridgehead atoms. The molecule has 74 valence electrons. The van der Waals surface area contributed by atoms with E-state index in [1.807, 2.05) is 12.3 Å². The van der Waals surface area contributed by atoms with Crippen molar-refractivity contribution in [1.29, 1.82) is 0 Å². The largest absolute Gasteiger partial charge is 0.261 e. The molecule has 1 aromatic heterocycles. The van der Waals surface area contributed by atoms with Crippen molar-refractivity contribution in [3.63, 3.8) is 0 Å². The highest BCUT2D eigenvalue weighted by Crippen LogP contribution is 2.34. The first-order valence-electron chi connectivity index (χ1n) is 5.35. The Morgan fingerprint density at radius 3 is 2.86 bits per heavy atom. The maximum Gasteiger partial charge on any atom is 0.0440 e. The molecule has 1 aliphatic rings. The number of allylic oxidation sites excluding steroid dienone is 2. The molecule has 0 aromatic carbocycles. The van der Waals surface area contributed by atoms with E-state index in [1.165, 1.54) is 24.1 Å². The third-order valence-corrected chi connectivity index (χ3v) is 3.10. The molecule has 0 aliphatic heterocycles. The van der Waals surface area contributed by atoms with Crippen LogP contribution in [0.15, 0.2) is 36.0 Å². The predicted octanol–water partition coefficient (Wildman–Crippen LogP) is 3.54. The van der Waals surface area contributed by atoms with E-state index in [9.17, 15) is 0 Å². The monoisotopic (exact) mass is 187 g/mol. The van der Waals surface area contributed by atoms with E-state index in [2.05, 4.69) is 37.0 Å². The topological polar surface area (TPSA) is 12.9 Å². The molecule has 0 unspecified atom stereocenters. The van der Waals surface area contributed by atoms with Crippen molar-refractivity contribution in [2.24, 2.45) is 5.92 Å². The first-order valence-corrected chi connectivity index (χ1v) is 5.35. The summed E-state index contributed by atoms with van der Waals surface area (Å²) < 4.78 is 0. The van der Waals surface area contributed by atoms with E-state index >= 15 is 0 Å². The summed E-state index contributed by atoms with van der Waals surface area (Å²) in [6.07, 6.45) is 6.77. The lowest BCUT2D eigenvalue weighted by molar-refractivity contribution is 0.470. The first kappa shape index (κ1) is 9.45. The molecule has 1 aliphatic carbocycles. The standard InChI is InChI=1S/C13H17N/c1-10-6-7-12(11(2)9-10)13-5-3-4-8-14-13/h3-5,8-9,11-12H,6-7H2,1-2H3/t11-,12-/m1/s1. The molecule has 0 saturated heterocycles. The van der Waals surface area contributed by atoms with Crippen LogP contribution >= 0.6 is 0 Å². The molecule has 1 heterocycles. The molecule has 0 fully saturated rings. The van der Waals surface area contributed by atoms with E-state index in [-0.39, 0.29) is 0 Å². The van der Waals surface area contributed by atoms with Crippen LogP contribution in [0.4, 0.5) is 0 Å². The van der Waals surface area contributed by atoms with Gasteiger partial charge in [0, 0.05) is 17.8 Å². The third kappa shape index (κ3) is 1.87. The van der Waals surface area contributed by atoms with Gasteiger partial charge in [0.25, 0.3) is 0 Å². The van der Waals surface area contributed by atoms with Crippen molar-refractivity contribution in [1.82, 2.24) is 4.98 Å². The SMILES string of the molecule is CC1=C[C@@H](C)[C@H](c2ccccn2)CC1. The van der Waals surface area contributed by atoms with Gasteiger partial charge in [-0.3, -0.25) is 4.98 Å². The molecule has 1 heteroatoms. The van der Waals surface area contributed by atoms with Crippen molar-refractivity contribution >= 4 is 0 Å². The van der Waals surface area contributed by atoms with Gasteiger partial charge in [0.05, 0.1) is 0 Å². The van der Waals surface area contributed by atoms with Crippen LogP contribution in [-0.4, -0.2) is 4.98 Å². The Kier molecular flexibility index (Phi) is 2.67. The van der Waals surface area contributed by atoms with Crippen LogP contribution < -0.4 is 0 Å². The summed E-state index contributed by atoms with van der Waals surface area (Å²) in [5.41, 5.74) is 2.79. The smallest absolute Gasteiger partial charge is 0.0440 e. The Labute approximate surface area is 85.9 Å². The molecule has 0 N–H and O–H groups in total. The molecule has 0 radical (unpaired) electrons. The number of hydrogen-bond donors (Lipinski definition) is 0. The molecule has 0 saturated carbocycles. The number of hydrogen-bond acceptors (Lipinski definition) is 1. The molecule has 1 aromatic rings. The Balaban J connectivity index is 2.21. The second kappa shape index (κ2) is 3.95. The highest BCUT2D eigenvalue weighted by Gasteiger charge is 2.22. The lowest BCUT2D eigenvalue weighted by atomic mass is 9.80. The van der Waals surface area contributed by atoms with Gasteiger partial charge in [-0.1, -0.05) is 24.6 Å². The maximum atomic E-state index is 4.45. The summed E-state index contributed by atoms with van der Waals surface area (Å²) in [5, 5.41) is 0. The number of pyridine rings is 1.